The smallest absolute Gasteiger partial charge is 0.339 e. The fourth-order valence-corrected chi connectivity index (χ4v) is 3.33. The summed E-state index contributed by atoms with van der Waals surface area (Å²) in [6.45, 7) is 1.88. The van der Waals surface area contributed by atoms with Crippen LogP contribution in [-0.4, -0.2) is 8.42 Å². The van der Waals surface area contributed by atoms with Crippen molar-refractivity contribution in [2.75, 3.05) is 0 Å². The van der Waals surface area contributed by atoms with E-state index >= 15 is 0 Å². The van der Waals surface area contributed by atoms with Gasteiger partial charge in [-0.15, -0.1) is 0 Å². The van der Waals surface area contributed by atoms with E-state index in [4.69, 9.17) is 15.8 Å². The summed E-state index contributed by atoms with van der Waals surface area (Å²) in [5.74, 6) is 6.12. The summed E-state index contributed by atoms with van der Waals surface area (Å²) in [6.07, 6.45) is 0. The Hall–Kier alpha value is -2.74. The van der Waals surface area contributed by atoms with E-state index in [0.717, 1.165) is 11.1 Å². The highest BCUT2D eigenvalue weighted by Gasteiger charge is 2.16. The van der Waals surface area contributed by atoms with Gasteiger partial charge in [-0.1, -0.05) is 59.3 Å². The van der Waals surface area contributed by atoms with E-state index in [1.807, 2.05) is 37.3 Å². The highest BCUT2D eigenvalue weighted by atomic mass is 35.5. The van der Waals surface area contributed by atoms with Crippen molar-refractivity contribution in [3.05, 3.63) is 94.5 Å². The molecule has 0 spiro atoms. The number of aryl methyl sites for hydroxylation is 1. The van der Waals surface area contributed by atoms with E-state index in [0.29, 0.717) is 10.6 Å². The maximum atomic E-state index is 12.3. The van der Waals surface area contributed by atoms with Gasteiger partial charge >= 0.3 is 10.1 Å². The molecule has 0 saturated heterocycles. The van der Waals surface area contributed by atoms with Gasteiger partial charge in [0.2, 0.25) is 0 Å². The first kappa shape index (κ1) is 18.1. The van der Waals surface area contributed by atoms with Crippen LogP contribution in [0.15, 0.2) is 77.7 Å². The maximum Gasteiger partial charge on any atom is 0.339 e. The summed E-state index contributed by atoms with van der Waals surface area (Å²) < 4.78 is 29.8. The average molecular weight is 383 g/mol. The molecular weight excluding hydrogens is 368 g/mol. The fourth-order valence-electron chi connectivity index (χ4n) is 2.19. The van der Waals surface area contributed by atoms with Crippen molar-refractivity contribution >= 4 is 21.7 Å². The molecule has 0 atom stereocenters. The lowest BCUT2D eigenvalue weighted by atomic mass is 10.2. The number of benzene rings is 3. The van der Waals surface area contributed by atoms with E-state index in [1.54, 1.807) is 18.2 Å². The molecule has 0 saturated carbocycles. The predicted molar refractivity (Wildman–Crippen MR) is 103 cm³/mol. The van der Waals surface area contributed by atoms with Crippen LogP contribution in [0.25, 0.3) is 0 Å². The normalized spacial score (nSPS) is 10.7. The highest BCUT2D eigenvalue weighted by molar-refractivity contribution is 7.87. The Kier molecular flexibility index (Phi) is 5.32. The van der Waals surface area contributed by atoms with Gasteiger partial charge in [0.25, 0.3) is 0 Å². The quantitative estimate of drug-likeness (QED) is 0.482. The van der Waals surface area contributed by atoms with Crippen molar-refractivity contribution in [1.29, 1.82) is 0 Å². The molecule has 0 aliphatic heterocycles. The first-order valence-corrected chi connectivity index (χ1v) is 9.60. The van der Waals surface area contributed by atoms with Crippen LogP contribution in [-0.2, 0) is 10.1 Å². The van der Waals surface area contributed by atoms with Crippen LogP contribution in [0.5, 0.6) is 5.75 Å². The SMILES string of the molecule is Cc1ccc(S(=O)(=O)Oc2ccc(C#Cc3ccccc3)c(Cl)c2)cc1. The largest absolute Gasteiger partial charge is 0.379 e. The van der Waals surface area contributed by atoms with E-state index in [1.165, 1.54) is 24.3 Å². The van der Waals surface area contributed by atoms with Gasteiger partial charge in [-0.2, -0.15) is 8.42 Å². The third kappa shape index (κ3) is 4.45. The fraction of sp³-hybridized carbons (Fsp3) is 0.0476. The van der Waals surface area contributed by atoms with Crippen molar-refractivity contribution < 1.29 is 12.6 Å². The summed E-state index contributed by atoms with van der Waals surface area (Å²) in [4.78, 5) is 0.0900. The van der Waals surface area contributed by atoms with Crippen molar-refractivity contribution in [2.45, 2.75) is 11.8 Å². The molecule has 0 unspecified atom stereocenters. The van der Waals surface area contributed by atoms with Crippen LogP contribution in [0.4, 0.5) is 0 Å². The molecule has 3 aromatic carbocycles. The zero-order chi connectivity index (χ0) is 18.6. The van der Waals surface area contributed by atoms with Crippen LogP contribution >= 0.6 is 11.6 Å². The molecule has 0 radical (unpaired) electrons. The van der Waals surface area contributed by atoms with Crippen LogP contribution in [0.3, 0.4) is 0 Å². The molecule has 0 aromatic heterocycles. The summed E-state index contributed by atoms with van der Waals surface area (Å²) in [5, 5.41) is 0.324. The number of hydrogen-bond acceptors (Lipinski definition) is 3. The Labute approximate surface area is 158 Å². The molecule has 0 amide bonds. The molecule has 5 heteroatoms. The van der Waals surface area contributed by atoms with Gasteiger partial charge in [0.1, 0.15) is 10.6 Å². The topological polar surface area (TPSA) is 43.4 Å². The Balaban J connectivity index is 1.82. The van der Waals surface area contributed by atoms with Gasteiger partial charge in [0.15, 0.2) is 0 Å². The molecule has 0 heterocycles. The van der Waals surface area contributed by atoms with Gasteiger partial charge < -0.3 is 4.18 Å². The highest BCUT2D eigenvalue weighted by Crippen LogP contribution is 2.25. The lowest BCUT2D eigenvalue weighted by Gasteiger charge is -2.08. The monoisotopic (exact) mass is 382 g/mol. The van der Waals surface area contributed by atoms with Crippen LogP contribution in [0, 0.1) is 18.8 Å². The Morgan fingerprint density at radius 3 is 2.23 bits per heavy atom. The third-order valence-corrected chi connectivity index (χ3v) is 5.15. The maximum absolute atomic E-state index is 12.3. The zero-order valence-corrected chi connectivity index (χ0v) is 15.5. The number of hydrogen-bond donors (Lipinski definition) is 0. The molecule has 3 rings (SSSR count). The minimum atomic E-state index is -3.91. The van der Waals surface area contributed by atoms with E-state index < -0.39 is 10.1 Å². The zero-order valence-electron chi connectivity index (χ0n) is 13.9. The third-order valence-electron chi connectivity index (χ3n) is 3.57. The molecule has 3 aromatic rings. The van der Waals surface area contributed by atoms with Crippen molar-refractivity contribution in [3.63, 3.8) is 0 Å². The summed E-state index contributed by atoms with van der Waals surface area (Å²) >= 11 is 6.21. The van der Waals surface area contributed by atoms with Gasteiger partial charge in [0.05, 0.1) is 5.02 Å². The standard InChI is InChI=1S/C21H15ClO3S/c1-16-7-13-20(14-8-16)26(23,24)25-19-12-11-18(21(22)15-19)10-9-17-5-3-2-4-6-17/h2-8,11-15H,1H3. The molecule has 130 valence electrons. The average Bonchev–Trinajstić information content (AvgIpc) is 2.62. The second-order valence-corrected chi connectivity index (χ2v) is 7.56. The Morgan fingerprint density at radius 1 is 0.885 bits per heavy atom. The predicted octanol–water partition coefficient (Wildman–Crippen LogP) is 4.82. The second-order valence-electron chi connectivity index (χ2n) is 5.61. The molecule has 0 N–H and O–H groups in total. The number of rotatable bonds is 3. The van der Waals surface area contributed by atoms with Crippen molar-refractivity contribution in [1.82, 2.24) is 0 Å². The van der Waals surface area contributed by atoms with Crippen molar-refractivity contribution in [3.8, 4) is 17.6 Å². The Morgan fingerprint density at radius 2 is 1.58 bits per heavy atom. The van der Waals surface area contributed by atoms with Gasteiger partial charge in [0, 0.05) is 17.2 Å². The van der Waals surface area contributed by atoms with Gasteiger partial charge in [-0.25, -0.2) is 0 Å². The van der Waals surface area contributed by atoms with Crippen LogP contribution < -0.4 is 4.18 Å². The molecule has 0 aliphatic rings. The van der Waals surface area contributed by atoms with Gasteiger partial charge in [-0.05, 0) is 43.3 Å². The molecule has 0 bridgehead atoms. The first-order valence-electron chi connectivity index (χ1n) is 7.82. The number of halogens is 1. The van der Waals surface area contributed by atoms with Crippen LogP contribution in [0.2, 0.25) is 5.02 Å². The summed E-state index contributed by atoms with van der Waals surface area (Å²) in [5.41, 5.74) is 2.43. The molecule has 26 heavy (non-hydrogen) atoms. The second kappa shape index (κ2) is 7.65. The van der Waals surface area contributed by atoms with Crippen molar-refractivity contribution in [2.24, 2.45) is 0 Å². The van der Waals surface area contributed by atoms with E-state index in [-0.39, 0.29) is 10.6 Å². The van der Waals surface area contributed by atoms with E-state index in [9.17, 15) is 8.42 Å². The minimum absolute atomic E-state index is 0.0900. The Bertz CT molecular complexity index is 1080. The first-order chi connectivity index (χ1) is 12.4. The molecule has 0 aliphatic carbocycles. The molecular formula is C21H15ClO3S. The molecule has 0 fully saturated rings. The van der Waals surface area contributed by atoms with Gasteiger partial charge in [-0.3, -0.25) is 0 Å². The summed E-state index contributed by atoms with van der Waals surface area (Å²) in [6, 6.07) is 20.6. The lowest BCUT2D eigenvalue weighted by molar-refractivity contribution is 0.486. The van der Waals surface area contributed by atoms with E-state index in [2.05, 4.69) is 11.8 Å². The molecule has 3 nitrogen and oxygen atoms in total. The minimum Gasteiger partial charge on any atom is -0.379 e. The van der Waals surface area contributed by atoms with Crippen LogP contribution in [0.1, 0.15) is 16.7 Å². The lowest BCUT2D eigenvalue weighted by Crippen LogP contribution is -2.09. The summed E-state index contributed by atoms with van der Waals surface area (Å²) in [7, 11) is -3.91.